The third-order valence-electron chi connectivity index (χ3n) is 2.21. The number of hydrogen-bond acceptors (Lipinski definition) is 3. The summed E-state index contributed by atoms with van der Waals surface area (Å²) in [5.41, 5.74) is 0.803. The van der Waals surface area contributed by atoms with Gasteiger partial charge in [-0.1, -0.05) is 20.8 Å². The minimum absolute atomic E-state index is 0.0117. The molecule has 5 nitrogen and oxygen atoms in total. The Morgan fingerprint density at radius 2 is 2.06 bits per heavy atom. The lowest BCUT2D eigenvalue weighted by Crippen LogP contribution is -2.21. The summed E-state index contributed by atoms with van der Waals surface area (Å²) in [6.45, 7) is 7.85. The molecular weight excluding hydrogens is 226 g/mol. The summed E-state index contributed by atoms with van der Waals surface area (Å²) < 4.78 is 26.0. The first-order valence-corrected chi connectivity index (χ1v) is 6.85. The lowest BCUT2D eigenvalue weighted by atomic mass is 9.94. The summed E-state index contributed by atoms with van der Waals surface area (Å²) in [5, 5.41) is 6.38. The highest BCUT2D eigenvalue weighted by molar-refractivity contribution is 7.92. The molecule has 0 spiro atoms. The molecule has 0 unspecified atom stereocenters. The number of aromatic amines is 1. The molecule has 0 aliphatic heterocycles. The van der Waals surface area contributed by atoms with Gasteiger partial charge in [-0.05, 0) is 18.8 Å². The number of nitrogens with one attached hydrogen (secondary N) is 2. The molecule has 0 bridgehead atoms. The zero-order valence-corrected chi connectivity index (χ0v) is 11.0. The van der Waals surface area contributed by atoms with Gasteiger partial charge in [0.1, 0.15) is 5.82 Å². The van der Waals surface area contributed by atoms with Crippen molar-refractivity contribution in [1.82, 2.24) is 10.2 Å². The van der Waals surface area contributed by atoms with E-state index in [0.29, 0.717) is 12.2 Å². The van der Waals surface area contributed by atoms with Crippen LogP contribution in [0.5, 0.6) is 0 Å². The summed E-state index contributed by atoms with van der Waals surface area (Å²) in [6, 6.07) is 0. The predicted octanol–water partition coefficient (Wildman–Crippen LogP) is 1.90. The number of H-pyrrole nitrogens is 1. The average Bonchev–Trinajstić information content (AvgIpc) is 2.47. The van der Waals surface area contributed by atoms with Gasteiger partial charge < -0.3 is 0 Å². The van der Waals surface area contributed by atoms with E-state index in [1.165, 1.54) is 0 Å². The van der Waals surface area contributed by atoms with Gasteiger partial charge in [0, 0.05) is 5.56 Å². The lowest BCUT2D eigenvalue weighted by Gasteiger charge is -2.17. The summed E-state index contributed by atoms with van der Waals surface area (Å²) in [5.74, 6) is 0.573. The zero-order chi connectivity index (χ0) is 12.4. The van der Waals surface area contributed by atoms with Gasteiger partial charge in [-0.15, -0.1) is 0 Å². The molecule has 1 aromatic rings. The molecule has 16 heavy (non-hydrogen) atoms. The molecule has 92 valence electrons. The van der Waals surface area contributed by atoms with Gasteiger partial charge >= 0.3 is 0 Å². The number of nitrogens with zero attached hydrogens (tertiary/aromatic N) is 1. The maximum atomic E-state index is 11.7. The Labute approximate surface area is 96.7 Å². The molecule has 0 amide bonds. The second-order valence-corrected chi connectivity index (χ2v) is 7.00. The van der Waals surface area contributed by atoms with Crippen molar-refractivity contribution in [2.24, 2.45) is 5.41 Å². The minimum atomic E-state index is -3.28. The molecule has 0 radical (unpaired) electrons. The molecule has 0 atom stereocenters. The normalized spacial score (nSPS) is 12.8. The fourth-order valence-corrected chi connectivity index (χ4v) is 2.60. The van der Waals surface area contributed by atoms with E-state index >= 15 is 0 Å². The molecule has 0 aliphatic carbocycles. The molecular formula is C10H19N3O2S. The molecule has 1 rings (SSSR count). The van der Waals surface area contributed by atoms with Crippen molar-refractivity contribution in [2.75, 3.05) is 10.5 Å². The number of sulfonamides is 1. The summed E-state index contributed by atoms with van der Waals surface area (Å²) in [6.07, 6.45) is 2.21. The van der Waals surface area contributed by atoms with Crippen molar-refractivity contribution < 1.29 is 8.42 Å². The van der Waals surface area contributed by atoms with E-state index in [1.807, 2.05) is 20.8 Å². The first kappa shape index (κ1) is 13.0. The van der Waals surface area contributed by atoms with Crippen LogP contribution >= 0.6 is 0 Å². The number of hydrogen-bond donors (Lipinski definition) is 2. The standard InChI is InChI=1S/C10H19N3O2S/c1-8-7-11-12-9(8)13-16(14,15)6-5-10(2,3)4/h7H,5-6H2,1-4H3,(H2,11,12,13). The fourth-order valence-electron chi connectivity index (χ4n) is 1.10. The summed E-state index contributed by atoms with van der Waals surface area (Å²) in [7, 11) is -3.28. The highest BCUT2D eigenvalue weighted by Crippen LogP contribution is 2.20. The van der Waals surface area contributed by atoms with Gasteiger partial charge in [-0.2, -0.15) is 5.10 Å². The number of aryl methyl sites for hydroxylation is 1. The molecule has 0 aromatic carbocycles. The highest BCUT2D eigenvalue weighted by atomic mass is 32.2. The van der Waals surface area contributed by atoms with Gasteiger partial charge in [0.15, 0.2) is 0 Å². The lowest BCUT2D eigenvalue weighted by molar-refractivity contribution is 0.397. The maximum absolute atomic E-state index is 11.7. The van der Waals surface area contributed by atoms with E-state index in [4.69, 9.17) is 0 Å². The van der Waals surface area contributed by atoms with Gasteiger partial charge in [0.05, 0.1) is 11.9 Å². The van der Waals surface area contributed by atoms with Crippen molar-refractivity contribution in [3.05, 3.63) is 11.8 Å². The Morgan fingerprint density at radius 3 is 2.50 bits per heavy atom. The molecule has 0 saturated heterocycles. The fraction of sp³-hybridized carbons (Fsp3) is 0.700. The van der Waals surface area contributed by atoms with Crippen LogP contribution in [0.1, 0.15) is 32.8 Å². The second-order valence-electron chi connectivity index (χ2n) is 5.16. The van der Waals surface area contributed by atoms with Gasteiger partial charge in [-0.25, -0.2) is 8.42 Å². The zero-order valence-electron chi connectivity index (χ0n) is 10.2. The monoisotopic (exact) mass is 245 g/mol. The van der Waals surface area contributed by atoms with E-state index in [9.17, 15) is 8.42 Å². The van der Waals surface area contributed by atoms with E-state index < -0.39 is 10.0 Å². The van der Waals surface area contributed by atoms with Crippen molar-refractivity contribution in [2.45, 2.75) is 34.1 Å². The van der Waals surface area contributed by atoms with Crippen LogP contribution in [0.25, 0.3) is 0 Å². The molecule has 0 aliphatic rings. The predicted molar refractivity (Wildman–Crippen MR) is 64.8 cm³/mol. The van der Waals surface area contributed by atoms with Crippen molar-refractivity contribution in [3.63, 3.8) is 0 Å². The van der Waals surface area contributed by atoms with Crippen LogP contribution in [-0.2, 0) is 10.0 Å². The Bertz CT molecular complexity index is 443. The molecule has 2 N–H and O–H groups in total. The summed E-state index contributed by atoms with van der Waals surface area (Å²) in [4.78, 5) is 0. The quantitative estimate of drug-likeness (QED) is 0.850. The van der Waals surface area contributed by atoms with Crippen LogP contribution in [-0.4, -0.2) is 24.4 Å². The van der Waals surface area contributed by atoms with Gasteiger partial charge in [-0.3, -0.25) is 9.82 Å². The topological polar surface area (TPSA) is 74.8 Å². The second kappa shape index (κ2) is 4.45. The maximum Gasteiger partial charge on any atom is 0.233 e. The van der Waals surface area contributed by atoms with Crippen molar-refractivity contribution in [3.8, 4) is 0 Å². The Kier molecular flexibility index (Phi) is 3.62. The minimum Gasteiger partial charge on any atom is -0.268 e. The number of aromatic nitrogens is 2. The van der Waals surface area contributed by atoms with Crippen LogP contribution in [0.4, 0.5) is 5.82 Å². The van der Waals surface area contributed by atoms with E-state index in [0.717, 1.165) is 5.56 Å². The average molecular weight is 245 g/mol. The van der Waals surface area contributed by atoms with Crippen LogP contribution in [0.15, 0.2) is 6.20 Å². The number of anilines is 1. The van der Waals surface area contributed by atoms with Gasteiger partial charge in [0.2, 0.25) is 10.0 Å². The SMILES string of the molecule is Cc1cn[nH]c1NS(=O)(=O)CCC(C)(C)C. The Balaban J connectivity index is 2.63. The molecule has 1 aromatic heterocycles. The first-order valence-electron chi connectivity index (χ1n) is 5.20. The molecule has 1 heterocycles. The largest absolute Gasteiger partial charge is 0.268 e. The Morgan fingerprint density at radius 1 is 1.44 bits per heavy atom. The van der Waals surface area contributed by atoms with Crippen LogP contribution in [0.3, 0.4) is 0 Å². The molecule has 0 saturated carbocycles. The van der Waals surface area contributed by atoms with Crippen LogP contribution in [0, 0.1) is 12.3 Å². The van der Waals surface area contributed by atoms with Crippen molar-refractivity contribution in [1.29, 1.82) is 0 Å². The molecule has 0 fully saturated rings. The van der Waals surface area contributed by atoms with E-state index in [-0.39, 0.29) is 11.2 Å². The van der Waals surface area contributed by atoms with Crippen LogP contribution < -0.4 is 4.72 Å². The van der Waals surface area contributed by atoms with E-state index in [2.05, 4.69) is 14.9 Å². The highest BCUT2D eigenvalue weighted by Gasteiger charge is 2.18. The van der Waals surface area contributed by atoms with Crippen molar-refractivity contribution >= 4 is 15.8 Å². The third kappa shape index (κ3) is 4.22. The van der Waals surface area contributed by atoms with E-state index in [1.54, 1.807) is 13.1 Å². The molecule has 6 heteroatoms. The first-order chi connectivity index (χ1) is 7.20. The number of rotatable bonds is 4. The third-order valence-corrected chi connectivity index (χ3v) is 3.46. The Hall–Kier alpha value is -1.04. The van der Waals surface area contributed by atoms with Gasteiger partial charge in [0.25, 0.3) is 0 Å². The smallest absolute Gasteiger partial charge is 0.233 e. The summed E-state index contributed by atoms with van der Waals surface area (Å²) >= 11 is 0. The van der Waals surface area contributed by atoms with Crippen LogP contribution in [0.2, 0.25) is 0 Å².